The van der Waals surface area contributed by atoms with Crippen molar-refractivity contribution in [1.29, 1.82) is 0 Å². The van der Waals surface area contributed by atoms with Crippen LogP contribution in [-0.4, -0.2) is 0 Å². The first kappa shape index (κ1) is 11.5. The summed E-state index contributed by atoms with van der Waals surface area (Å²) in [6, 6.07) is 0. The zero-order valence-corrected chi connectivity index (χ0v) is 11.5. The van der Waals surface area contributed by atoms with Crippen LogP contribution >= 0.6 is 0 Å². The first-order valence-corrected chi connectivity index (χ1v) is 6.83. The summed E-state index contributed by atoms with van der Waals surface area (Å²) in [7, 11) is 0. The van der Waals surface area contributed by atoms with E-state index in [0.29, 0.717) is 5.41 Å². The lowest BCUT2D eigenvalue weighted by Crippen LogP contribution is -2.71. The SMILES string of the molecule is CC(C)C(C)C1C(C)C2(C)C(C)C(C)C12. The summed E-state index contributed by atoms with van der Waals surface area (Å²) in [4.78, 5) is 0. The summed E-state index contributed by atoms with van der Waals surface area (Å²) in [5.41, 5.74) is 0.688. The molecule has 2 rings (SSSR count). The molecule has 0 nitrogen and oxygen atoms in total. The smallest absolute Gasteiger partial charge is 0.0235 e. The molecule has 0 spiro atoms. The van der Waals surface area contributed by atoms with Gasteiger partial charge >= 0.3 is 0 Å². The van der Waals surface area contributed by atoms with E-state index in [0.717, 1.165) is 41.4 Å². The van der Waals surface area contributed by atoms with Gasteiger partial charge in [-0.2, -0.15) is 0 Å². The number of hydrogen-bond acceptors (Lipinski definition) is 0. The van der Waals surface area contributed by atoms with Gasteiger partial charge in [-0.1, -0.05) is 48.5 Å². The Hall–Kier alpha value is 0. The Bertz CT molecular complexity index is 255. The fourth-order valence-electron chi connectivity index (χ4n) is 4.95. The predicted octanol–water partition coefficient (Wildman–Crippen LogP) is 4.45. The van der Waals surface area contributed by atoms with E-state index in [1.165, 1.54) is 0 Å². The molecule has 0 heterocycles. The molecule has 0 aliphatic heterocycles. The van der Waals surface area contributed by atoms with Crippen molar-refractivity contribution in [3.63, 3.8) is 0 Å². The molecule has 0 radical (unpaired) electrons. The van der Waals surface area contributed by atoms with Crippen LogP contribution in [0.3, 0.4) is 0 Å². The minimum atomic E-state index is 0.688. The monoisotopic (exact) mass is 208 g/mol. The van der Waals surface area contributed by atoms with Crippen molar-refractivity contribution >= 4 is 0 Å². The molecule has 0 heteroatoms. The van der Waals surface area contributed by atoms with Crippen molar-refractivity contribution in [3.05, 3.63) is 0 Å². The molecule has 0 amide bonds. The van der Waals surface area contributed by atoms with Crippen LogP contribution in [0.5, 0.6) is 0 Å². The molecule has 0 bridgehead atoms. The van der Waals surface area contributed by atoms with E-state index >= 15 is 0 Å². The minimum Gasteiger partial charge on any atom is -0.0625 e. The van der Waals surface area contributed by atoms with E-state index in [1.807, 2.05) is 0 Å². The molecular weight excluding hydrogens is 180 g/mol. The van der Waals surface area contributed by atoms with E-state index in [4.69, 9.17) is 0 Å². The van der Waals surface area contributed by atoms with Crippen LogP contribution in [-0.2, 0) is 0 Å². The predicted molar refractivity (Wildman–Crippen MR) is 66.6 cm³/mol. The second-order valence-corrected chi connectivity index (χ2v) is 7.01. The fourth-order valence-corrected chi connectivity index (χ4v) is 4.95. The Morgan fingerprint density at radius 2 is 1.47 bits per heavy atom. The maximum atomic E-state index is 2.54. The maximum absolute atomic E-state index is 2.54. The van der Waals surface area contributed by atoms with Gasteiger partial charge in [-0.05, 0) is 46.8 Å². The Morgan fingerprint density at radius 3 is 1.93 bits per heavy atom. The summed E-state index contributed by atoms with van der Waals surface area (Å²) >= 11 is 0. The standard InChI is InChI=1S/C15H28/c1-8(2)9(3)13-12(6)15(7)11(5)10(4)14(13)15/h8-14H,1-7H3. The summed E-state index contributed by atoms with van der Waals surface area (Å²) < 4.78 is 0. The Balaban J connectivity index is 2.13. The molecule has 0 N–H and O–H groups in total. The highest BCUT2D eigenvalue weighted by atomic mass is 14.7. The van der Waals surface area contributed by atoms with Gasteiger partial charge in [-0.25, -0.2) is 0 Å². The molecule has 2 aliphatic rings. The zero-order valence-electron chi connectivity index (χ0n) is 11.5. The van der Waals surface area contributed by atoms with Gasteiger partial charge in [0, 0.05) is 0 Å². The molecule has 88 valence electrons. The van der Waals surface area contributed by atoms with Crippen LogP contribution in [0, 0.1) is 46.8 Å². The third-order valence-corrected chi connectivity index (χ3v) is 6.69. The molecule has 0 aromatic rings. The largest absolute Gasteiger partial charge is 0.0625 e. The Labute approximate surface area is 95.8 Å². The van der Waals surface area contributed by atoms with E-state index in [-0.39, 0.29) is 0 Å². The third-order valence-electron chi connectivity index (χ3n) is 6.69. The number of rotatable bonds is 2. The molecule has 2 fully saturated rings. The van der Waals surface area contributed by atoms with Crippen LogP contribution < -0.4 is 0 Å². The van der Waals surface area contributed by atoms with Gasteiger partial charge in [0.05, 0.1) is 0 Å². The van der Waals surface area contributed by atoms with Gasteiger partial charge in [0.15, 0.2) is 0 Å². The van der Waals surface area contributed by atoms with Crippen LogP contribution in [0.25, 0.3) is 0 Å². The summed E-state index contributed by atoms with van der Waals surface area (Å²) in [5, 5.41) is 0. The first-order valence-electron chi connectivity index (χ1n) is 6.83. The number of fused-ring (bicyclic) bond motifs is 1. The molecule has 7 atom stereocenters. The Morgan fingerprint density at radius 1 is 0.933 bits per heavy atom. The summed E-state index contributed by atoms with van der Waals surface area (Å²) in [5.74, 6) is 6.66. The van der Waals surface area contributed by atoms with Crippen LogP contribution in [0.1, 0.15) is 48.5 Å². The molecule has 2 aliphatic carbocycles. The van der Waals surface area contributed by atoms with Crippen molar-refractivity contribution in [2.75, 3.05) is 0 Å². The quantitative estimate of drug-likeness (QED) is 0.629. The molecular formula is C15H28. The highest BCUT2D eigenvalue weighted by Gasteiger charge is 2.69. The lowest BCUT2D eigenvalue weighted by molar-refractivity contribution is -0.281. The van der Waals surface area contributed by atoms with Crippen molar-refractivity contribution in [2.24, 2.45) is 46.8 Å². The lowest BCUT2D eigenvalue weighted by Gasteiger charge is -2.75. The molecule has 0 aromatic carbocycles. The van der Waals surface area contributed by atoms with Crippen LogP contribution in [0.15, 0.2) is 0 Å². The van der Waals surface area contributed by atoms with E-state index in [9.17, 15) is 0 Å². The first-order chi connectivity index (χ1) is 6.83. The average molecular weight is 208 g/mol. The van der Waals surface area contributed by atoms with Crippen LogP contribution in [0.4, 0.5) is 0 Å². The minimum absolute atomic E-state index is 0.688. The molecule has 2 saturated carbocycles. The van der Waals surface area contributed by atoms with Crippen molar-refractivity contribution in [3.8, 4) is 0 Å². The highest BCUT2D eigenvalue weighted by molar-refractivity contribution is 5.17. The van der Waals surface area contributed by atoms with E-state index in [1.54, 1.807) is 0 Å². The molecule has 7 unspecified atom stereocenters. The van der Waals surface area contributed by atoms with Gasteiger partial charge in [0.1, 0.15) is 0 Å². The van der Waals surface area contributed by atoms with E-state index < -0.39 is 0 Å². The Kier molecular flexibility index (Phi) is 2.48. The van der Waals surface area contributed by atoms with Gasteiger partial charge < -0.3 is 0 Å². The number of hydrogen-bond donors (Lipinski definition) is 0. The molecule has 15 heavy (non-hydrogen) atoms. The third kappa shape index (κ3) is 1.14. The second-order valence-electron chi connectivity index (χ2n) is 7.01. The van der Waals surface area contributed by atoms with Crippen LogP contribution in [0.2, 0.25) is 0 Å². The zero-order chi connectivity index (χ0) is 11.5. The van der Waals surface area contributed by atoms with Gasteiger partial charge in [0.2, 0.25) is 0 Å². The van der Waals surface area contributed by atoms with Crippen molar-refractivity contribution in [1.82, 2.24) is 0 Å². The highest BCUT2D eigenvalue weighted by Crippen LogP contribution is 2.74. The topological polar surface area (TPSA) is 0 Å². The van der Waals surface area contributed by atoms with Crippen molar-refractivity contribution in [2.45, 2.75) is 48.5 Å². The molecule has 0 aromatic heterocycles. The van der Waals surface area contributed by atoms with Gasteiger partial charge in [-0.3, -0.25) is 0 Å². The van der Waals surface area contributed by atoms with Crippen molar-refractivity contribution < 1.29 is 0 Å². The normalized spacial score (nSPS) is 55.6. The fraction of sp³-hybridized carbons (Fsp3) is 1.00. The summed E-state index contributed by atoms with van der Waals surface area (Å²) in [6.07, 6.45) is 0. The maximum Gasteiger partial charge on any atom is -0.0235 e. The average Bonchev–Trinajstić information content (AvgIpc) is 2.21. The summed E-state index contributed by atoms with van der Waals surface area (Å²) in [6.45, 7) is 17.2. The molecule has 0 saturated heterocycles. The second kappa shape index (κ2) is 3.25. The van der Waals surface area contributed by atoms with E-state index in [2.05, 4.69) is 48.5 Å². The van der Waals surface area contributed by atoms with Gasteiger partial charge in [-0.15, -0.1) is 0 Å². The lowest BCUT2D eigenvalue weighted by atomic mass is 9.29. The van der Waals surface area contributed by atoms with Gasteiger partial charge in [0.25, 0.3) is 0 Å².